The summed E-state index contributed by atoms with van der Waals surface area (Å²) in [5.74, 6) is -0.649. The smallest absolute Gasteiger partial charge is 0.417 e. The summed E-state index contributed by atoms with van der Waals surface area (Å²) >= 11 is 0. The van der Waals surface area contributed by atoms with Gasteiger partial charge >= 0.3 is 11.4 Å². The highest BCUT2D eigenvalue weighted by Gasteiger charge is 2.22. The maximum absolute atomic E-state index is 12.4. The Morgan fingerprint density at radius 2 is 2.10 bits per heavy atom. The van der Waals surface area contributed by atoms with Gasteiger partial charge in [0, 0.05) is 17.7 Å². The van der Waals surface area contributed by atoms with Crippen molar-refractivity contribution in [1.82, 2.24) is 9.82 Å². The minimum absolute atomic E-state index is 0.0379. The summed E-state index contributed by atoms with van der Waals surface area (Å²) in [7, 11) is -2.77. The Hall–Kier alpha value is -3.87. The van der Waals surface area contributed by atoms with Gasteiger partial charge in [0.1, 0.15) is 0 Å². The molecule has 1 aromatic heterocycles. The molecular formula is C17H16N4O8S. The quantitative estimate of drug-likeness (QED) is 0.306. The van der Waals surface area contributed by atoms with E-state index in [-0.39, 0.29) is 39.8 Å². The van der Waals surface area contributed by atoms with Gasteiger partial charge in [0.25, 0.3) is 10.0 Å². The van der Waals surface area contributed by atoms with Gasteiger partial charge < -0.3 is 13.9 Å². The third kappa shape index (κ3) is 4.25. The van der Waals surface area contributed by atoms with Gasteiger partial charge in [0.15, 0.2) is 11.3 Å². The van der Waals surface area contributed by atoms with Crippen LogP contribution in [0.25, 0.3) is 11.1 Å². The number of hydrogen-bond acceptors (Lipinski definition) is 9. The molecule has 1 heterocycles. The van der Waals surface area contributed by atoms with Gasteiger partial charge in [0.2, 0.25) is 5.75 Å². The summed E-state index contributed by atoms with van der Waals surface area (Å²) in [6, 6.07) is 6.38. The molecule has 0 spiro atoms. The fourth-order valence-corrected chi connectivity index (χ4v) is 3.38. The lowest BCUT2D eigenvalue weighted by molar-refractivity contribution is -0.385. The normalized spacial score (nSPS) is 11.7. The summed E-state index contributed by atoms with van der Waals surface area (Å²) < 4.78 is 40.0. The number of hydrazone groups is 1. The molecule has 2 N–H and O–H groups in total. The van der Waals surface area contributed by atoms with E-state index in [9.17, 15) is 23.3 Å². The van der Waals surface area contributed by atoms with Crippen molar-refractivity contribution in [3.63, 3.8) is 0 Å². The first-order valence-electron chi connectivity index (χ1n) is 8.42. The van der Waals surface area contributed by atoms with E-state index >= 15 is 0 Å². The molecule has 0 saturated heterocycles. The van der Waals surface area contributed by atoms with E-state index in [0.29, 0.717) is 5.52 Å². The van der Waals surface area contributed by atoms with Gasteiger partial charge in [-0.2, -0.15) is 13.5 Å². The molecule has 0 amide bonds. The lowest BCUT2D eigenvalue weighted by Gasteiger charge is -2.10. The van der Waals surface area contributed by atoms with Crippen LogP contribution in [0.2, 0.25) is 0 Å². The van der Waals surface area contributed by atoms with Crippen LogP contribution in [0, 0.1) is 10.1 Å². The molecule has 30 heavy (non-hydrogen) atoms. The van der Waals surface area contributed by atoms with Crippen molar-refractivity contribution in [2.45, 2.75) is 11.8 Å². The number of H-pyrrole nitrogens is 1. The van der Waals surface area contributed by atoms with E-state index in [4.69, 9.17) is 13.9 Å². The fraction of sp³-hybridized carbons (Fsp3) is 0.176. The number of aromatic amines is 1. The highest BCUT2D eigenvalue weighted by molar-refractivity contribution is 7.89. The van der Waals surface area contributed by atoms with E-state index in [1.807, 2.05) is 4.83 Å². The molecule has 0 aliphatic rings. The monoisotopic (exact) mass is 436 g/mol. The average molecular weight is 436 g/mol. The van der Waals surface area contributed by atoms with Gasteiger partial charge in [-0.1, -0.05) is 0 Å². The zero-order chi connectivity index (χ0) is 21.9. The van der Waals surface area contributed by atoms with Crippen LogP contribution >= 0.6 is 0 Å². The van der Waals surface area contributed by atoms with Crippen molar-refractivity contribution in [3.05, 3.63) is 56.6 Å². The average Bonchev–Trinajstić information content (AvgIpc) is 3.07. The van der Waals surface area contributed by atoms with Crippen LogP contribution in [-0.4, -0.2) is 38.3 Å². The second-order valence-corrected chi connectivity index (χ2v) is 7.45. The fourth-order valence-electron chi connectivity index (χ4n) is 2.58. The number of rotatable bonds is 8. The first-order valence-corrected chi connectivity index (χ1v) is 9.90. The number of ether oxygens (including phenoxy) is 2. The van der Waals surface area contributed by atoms with Crippen molar-refractivity contribution in [3.8, 4) is 11.5 Å². The number of aromatic nitrogens is 1. The number of hydrogen-bond donors (Lipinski definition) is 2. The predicted octanol–water partition coefficient (Wildman–Crippen LogP) is 1.75. The Bertz CT molecular complexity index is 1290. The van der Waals surface area contributed by atoms with E-state index < -0.39 is 20.7 Å². The maximum Gasteiger partial charge on any atom is 0.417 e. The maximum atomic E-state index is 12.4. The molecule has 158 valence electrons. The van der Waals surface area contributed by atoms with E-state index in [0.717, 1.165) is 12.3 Å². The van der Waals surface area contributed by atoms with Crippen molar-refractivity contribution < 1.29 is 27.2 Å². The first-order chi connectivity index (χ1) is 14.2. The number of nitro groups is 1. The molecule has 0 unspecified atom stereocenters. The molecule has 2 aromatic carbocycles. The topological polar surface area (TPSA) is 166 Å². The minimum atomic E-state index is -4.09. The van der Waals surface area contributed by atoms with Crippen molar-refractivity contribution in [1.29, 1.82) is 0 Å². The number of sulfonamides is 1. The standard InChI is InChI=1S/C17H16N4O8S/c1-3-28-16-13(21(23)24)6-10(7-15(16)27-2)9-18-20-30(25,26)11-4-5-12-14(8-11)29-17(22)19-12/h4-9,20H,3H2,1-2H3,(H,19,22)/b18-9+. The van der Waals surface area contributed by atoms with Crippen LogP contribution in [0.5, 0.6) is 11.5 Å². The van der Waals surface area contributed by atoms with E-state index in [1.54, 1.807) is 6.92 Å². The summed E-state index contributed by atoms with van der Waals surface area (Å²) in [6.07, 6.45) is 1.08. The molecular weight excluding hydrogens is 420 g/mol. The molecule has 0 atom stereocenters. The van der Waals surface area contributed by atoms with Gasteiger partial charge in [-0.25, -0.2) is 9.63 Å². The third-order valence-corrected chi connectivity index (χ3v) is 5.07. The molecule has 3 rings (SSSR count). The lowest BCUT2D eigenvalue weighted by Crippen LogP contribution is -2.18. The molecule has 0 radical (unpaired) electrons. The molecule has 0 bridgehead atoms. The molecule has 13 heteroatoms. The number of nitrogens with one attached hydrogen (secondary N) is 2. The molecule has 0 saturated carbocycles. The second-order valence-electron chi connectivity index (χ2n) is 5.79. The largest absolute Gasteiger partial charge is 0.493 e. The van der Waals surface area contributed by atoms with Gasteiger partial charge in [-0.05, 0) is 25.1 Å². The van der Waals surface area contributed by atoms with Crippen LogP contribution in [-0.2, 0) is 10.0 Å². The Balaban J connectivity index is 1.88. The molecule has 0 aliphatic heterocycles. The summed E-state index contributed by atoms with van der Waals surface area (Å²) in [6.45, 7) is 1.86. The van der Waals surface area contributed by atoms with E-state index in [2.05, 4.69) is 10.1 Å². The number of nitro benzene ring substituents is 1. The third-order valence-electron chi connectivity index (χ3n) is 3.85. The summed E-state index contributed by atoms with van der Waals surface area (Å²) in [5, 5.41) is 15.0. The molecule has 0 aliphatic carbocycles. The van der Waals surface area contributed by atoms with Gasteiger partial charge in [0.05, 0.1) is 35.3 Å². The van der Waals surface area contributed by atoms with Crippen LogP contribution in [0.3, 0.4) is 0 Å². The molecule has 3 aromatic rings. The van der Waals surface area contributed by atoms with E-state index in [1.165, 1.54) is 31.4 Å². The predicted molar refractivity (Wildman–Crippen MR) is 106 cm³/mol. The summed E-state index contributed by atoms with van der Waals surface area (Å²) in [5.41, 5.74) is 0.264. The minimum Gasteiger partial charge on any atom is -0.493 e. The number of methoxy groups -OCH3 is 1. The van der Waals surface area contributed by atoms with Crippen LogP contribution in [0.4, 0.5) is 5.69 Å². The zero-order valence-electron chi connectivity index (χ0n) is 15.7. The molecule has 12 nitrogen and oxygen atoms in total. The van der Waals surface area contributed by atoms with Crippen LogP contribution < -0.4 is 20.1 Å². The SMILES string of the molecule is CCOc1c(OC)cc(/C=N/NS(=O)(=O)c2ccc3[nH]c(=O)oc3c2)cc1[N+](=O)[O-]. The van der Waals surface area contributed by atoms with Crippen molar-refractivity contribution >= 4 is 33.0 Å². The van der Waals surface area contributed by atoms with Crippen LogP contribution in [0.15, 0.2) is 49.5 Å². The Morgan fingerprint density at radius 3 is 2.77 bits per heavy atom. The first kappa shape index (κ1) is 20.9. The Morgan fingerprint density at radius 1 is 1.33 bits per heavy atom. The Kier molecular flexibility index (Phi) is 5.73. The Labute approximate surface area is 169 Å². The zero-order valence-corrected chi connectivity index (χ0v) is 16.6. The highest BCUT2D eigenvalue weighted by Crippen LogP contribution is 2.37. The van der Waals surface area contributed by atoms with Crippen molar-refractivity contribution in [2.75, 3.05) is 13.7 Å². The van der Waals surface area contributed by atoms with Gasteiger partial charge in [-0.3, -0.25) is 15.1 Å². The number of fused-ring (bicyclic) bond motifs is 1. The van der Waals surface area contributed by atoms with Gasteiger partial charge in [-0.15, -0.1) is 0 Å². The molecule has 0 fully saturated rings. The lowest BCUT2D eigenvalue weighted by atomic mass is 10.2. The second kappa shape index (κ2) is 8.24. The number of benzene rings is 2. The van der Waals surface area contributed by atoms with Crippen molar-refractivity contribution in [2.24, 2.45) is 5.10 Å². The van der Waals surface area contributed by atoms with Crippen LogP contribution in [0.1, 0.15) is 12.5 Å². The highest BCUT2D eigenvalue weighted by atomic mass is 32.2. The number of oxazole rings is 1. The summed E-state index contributed by atoms with van der Waals surface area (Å²) in [4.78, 5) is 26.1. The number of nitrogens with zero attached hydrogens (tertiary/aromatic N) is 2.